The zero-order valence-electron chi connectivity index (χ0n) is 24.3. The lowest BCUT2D eigenvalue weighted by Gasteiger charge is -2.37. The quantitative estimate of drug-likeness (QED) is 0.194. The third-order valence-electron chi connectivity index (χ3n) is 8.92. The Kier molecular flexibility index (Phi) is 7.55. The van der Waals surface area contributed by atoms with Gasteiger partial charge in [-0.3, -0.25) is 5.32 Å². The van der Waals surface area contributed by atoms with Gasteiger partial charge in [-0.15, -0.1) is 0 Å². The second-order valence-corrected chi connectivity index (χ2v) is 11.6. The number of fused-ring (bicyclic) bond motifs is 3. The monoisotopic (exact) mass is 579 g/mol. The fraction of sp³-hybridized carbons (Fsp3) is 0.179. The second-order valence-electron chi connectivity index (χ2n) is 11.6. The summed E-state index contributed by atoms with van der Waals surface area (Å²) in [5.41, 5.74) is 6.37. The molecule has 218 valence electrons. The number of hydrogen-bond donors (Lipinski definition) is 1. The number of rotatable bonds is 8. The van der Waals surface area contributed by atoms with Crippen molar-refractivity contribution in [1.82, 2.24) is 5.32 Å². The van der Waals surface area contributed by atoms with Gasteiger partial charge in [-0.25, -0.2) is 9.59 Å². The first kappa shape index (κ1) is 27.8. The van der Waals surface area contributed by atoms with Crippen molar-refractivity contribution in [2.24, 2.45) is 5.92 Å². The van der Waals surface area contributed by atoms with Gasteiger partial charge in [-0.1, -0.05) is 115 Å². The molecule has 0 radical (unpaired) electrons. The van der Waals surface area contributed by atoms with Gasteiger partial charge >= 0.3 is 11.9 Å². The summed E-state index contributed by atoms with van der Waals surface area (Å²) in [6.45, 7) is 0.157. The second kappa shape index (κ2) is 11.9. The third-order valence-corrected chi connectivity index (χ3v) is 8.92. The maximum atomic E-state index is 13.2. The van der Waals surface area contributed by atoms with Crippen LogP contribution in [-0.2, 0) is 15.0 Å². The summed E-state index contributed by atoms with van der Waals surface area (Å²) in [6.07, 6.45) is 0.835. The van der Waals surface area contributed by atoms with E-state index in [-0.39, 0.29) is 30.5 Å². The molecular weight excluding hydrogens is 546 g/mol. The zero-order chi connectivity index (χ0) is 29.9. The Morgan fingerprint density at radius 3 is 1.70 bits per heavy atom. The van der Waals surface area contributed by atoms with Crippen LogP contribution in [0.3, 0.4) is 0 Å². The molecule has 0 bridgehead atoms. The Balaban J connectivity index is 1.22. The number of carbonyl (C=O) groups excluding carboxylic acids is 2. The standard InChI is InChI=1S/C39H33NO4/c41-37(27-14-4-1-5-15-27)43-26-29-24-31(25-36(29)44-38(42)28-16-6-2-7-17-28)40-39(30-18-8-3-9-19-30)34-22-12-10-20-32(34)33-21-11-13-23-35(33)39/h1-23,29,31,36,40H,24-26H2/t29-,31-,36+/m1/s1. The molecule has 1 fully saturated rings. The van der Waals surface area contributed by atoms with E-state index in [1.165, 1.54) is 22.3 Å². The molecule has 0 unspecified atom stereocenters. The van der Waals surface area contributed by atoms with Gasteiger partial charge in [0.2, 0.25) is 0 Å². The third kappa shape index (κ3) is 5.10. The summed E-state index contributed by atoms with van der Waals surface area (Å²) < 4.78 is 12.0. The van der Waals surface area contributed by atoms with Crippen LogP contribution in [0, 0.1) is 5.92 Å². The van der Waals surface area contributed by atoms with Crippen LogP contribution in [0.25, 0.3) is 11.1 Å². The number of carbonyl (C=O) groups is 2. The highest BCUT2D eigenvalue weighted by molar-refractivity contribution is 5.90. The fourth-order valence-electron chi connectivity index (χ4n) is 6.92. The molecule has 3 atom stereocenters. The average molecular weight is 580 g/mol. The highest BCUT2D eigenvalue weighted by atomic mass is 16.6. The minimum Gasteiger partial charge on any atom is -0.462 e. The van der Waals surface area contributed by atoms with Crippen LogP contribution in [0.2, 0.25) is 0 Å². The van der Waals surface area contributed by atoms with E-state index < -0.39 is 11.6 Å². The molecule has 1 saturated carbocycles. The largest absolute Gasteiger partial charge is 0.462 e. The van der Waals surface area contributed by atoms with Gasteiger partial charge in [0, 0.05) is 18.4 Å². The van der Waals surface area contributed by atoms with Crippen molar-refractivity contribution in [1.29, 1.82) is 0 Å². The first-order valence-corrected chi connectivity index (χ1v) is 15.1. The fourth-order valence-corrected chi connectivity index (χ4v) is 6.92. The van der Waals surface area contributed by atoms with Crippen molar-refractivity contribution in [3.63, 3.8) is 0 Å². The van der Waals surface area contributed by atoms with Crippen LogP contribution in [-0.4, -0.2) is 30.7 Å². The molecule has 44 heavy (non-hydrogen) atoms. The molecule has 0 spiro atoms. The Labute approximate surface area is 257 Å². The van der Waals surface area contributed by atoms with Crippen LogP contribution in [0.15, 0.2) is 140 Å². The van der Waals surface area contributed by atoms with Crippen molar-refractivity contribution >= 4 is 11.9 Å². The van der Waals surface area contributed by atoms with Crippen LogP contribution in [0.4, 0.5) is 0 Å². The summed E-state index contributed by atoms with van der Waals surface area (Å²) >= 11 is 0. The van der Waals surface area contributed by atoms with Crippen LogP contribution in [0.1, 0.15) is 50.2 Å². The highest BCUT2D eigenvalue weighted by Gasteiger charge is 2.48. The summed E-state index contributed by atoms with van der Waals surface area (Å²) in [6, 6.07) is 45.7. The van der Waals surface area contributed by atoms with Gasteiger partial charge in [-0.05, 0) is 58.5 Å². The van der Waals surface area contributed by atoms with E-state index in [0.29, 0.717) is 24.0 Å². The van der Waals surface area contributed by atoms with Crippen molar-refractivity contribution in [2.75, 3.05) is 6.61 Å². The number of ether oxygens (including phenoxy) is 2. The molecule has 0 amide bonds. The summed E-state index contributed by atoms with van der Waals surface area (Å²) in [4.78, 5) is 26.1. The van der Waals surface area contributed by atoms with E-state index in [1.54, 1.807) is 24.3 Å². The van der Waals surface area contributed by atoms with E-state index in [2.05, 4.69) is 78.1 Å². The van der Waals surface area contributed by atoms with Crippen LogP contribution < -0.4 is 5.32 Å². The number of hydrogen-bond acceptors (Lipinski definition) is 5. The average Bonchev–Trinajstić information content (AvgIpc) is 3.60. The normalized spacial score (nSPS) is 19.5. The van der Waals surface area contributed by atoms with E-state index >= 15 is 0 Å². The SMILES string of the molecule is O=C(OC[C@H]1C[C@@H](NC2(c3ccccc3)c3ccccc3-c3ccccc32)C[C@@H]1OC(=O)c1ccccc1)c1ccccc1. The van der Waals surface area contributed by atoms with Crippen molar-refractivity contribution in [2.45, 2.75) is 30.5 Å². The molecule has 2 aliphatic carbocycles. The topological polar surface area (TPSA) is 64.6 Å². The lowest BCUT2D eigenvalue weighted by atomic mass is 9.80. The van der Waals surface area contributed by atoms with Gasteiger partial charge in [0.15, 0.2) is 0 Å². The lowest BCUT2D eigenvalue weighted by Crippen LogP contribution is -2.48. The first-order chi connectivity index (χ1) is 21.6. The van der Waals surface area contributed by atoms with E-state index in [0.717, 1.165) is 5.56 Å². The molecular formula is C39H33NO4. The van der Waals surface area contributed by atoms with Gasteiger partial charge < -0.3 is 9.47 Å². The number of nitrogens with one attached hydrogen (secondary N) is 1. The Morgan fingerprint density at radius 1 is 0.614 bits per heavy atom. The maximum Gasteiger partial charge on any atom is 0.338 e. The van der Waals surface area contributed by atoms with Gasteiger partial charge in [0.1, 0.15) is 6.10 Å². The van der Waals surface area contributed by atoms with E-state index in [9.17, 15) is 9.59 Å². The molecule has 5 nitrogen and oxygen atoms in total. The highest BCUT2D eigenvalue weighted by Crippen LogP contribution is 2.51. The lowest BCUT2D eigenvalue weighted by molar-refractivity contribution is 0.00479. The molecule has 0 aliphatic heterocycles. The number of esters is 2. The summed E-state index contributed by atoms with van der Waals surface area (Å²) in [5, 5.41) is 4.08. The molecule has 5 heteroatoms. The van der Waals surface area contributed by atoms with Crippen LogP contribution in [0.5, 0.6) is 0 Å². The Bertz CT molecular complexity index is 1720. The Morgan fingerprint density at radius 2 is 1.11 bits per heavy atom. The van der Waals surface area contributed by atoms with E-state index in [4.69, 9.17) is 9.47 Å². The predicted molar refractivity (Wildman–Crippen MR) is 170 cm³/mol. The Hall–Kier alpha value is -5.00. The molecule has 0 heterocycles. The zero-order valence-corrected chi connectivity index (χ0v) is 24.3. The van der Waals surface area contributed by atoms with Gasteiger partial charge in [-0.2, -0.15) is 0 Å². The molecule has 0 saturated heterocycles. The molecule has 0 aromatic heterocycles. The van der Waals surface area contributed by atoms with E-state index in [1.807, 2.05) is 42.5 Å². The smallest absolute Gasteiger partial charge is 0.338 e. The molecule has 5 aromatic rings. The number of benzene rings is 5. The predicted octanol–water partition coefficient (Wildman–Crippen LogP) is 7.41. The molecule has 2 aliphatic rings. The van der Waals surface area contributed by atoms with Crippen molar-refractivity contribution < 1.29 is 19.1 Å². The molecule has 7 rings (SSSR count). The van der Waals surface area contributed by atoms with Gasteiger partial charge in [0.05, 0.1) is 23.3 Å². The minimum atomic E-state index is -0.595. The van der Waals surface area contributed by atoms with Gasteiger partial charge in [0.25, 0.3) is 0 Å². The first-order valence-electron chi connectivity index (χ1n) is 15.1. The van der Waals surface area contributed by atoms with Crippen molar-refractivity contribution in [3.8, 4) is 11.1 Å². The summed E-state index contributed by atoms with van der Waals surface area (Å²) in [7, 11) is 0. The van der Waals surface area contributed by atoms with Crippen LogP contribution >= 0.6 is 0 Å². The van der Waals surface area contributed by atoms with Crippen molar-refractivity contribution in [3.05, 3.63) is 167 Å². The maximum absolute atomic E-state index is 13.2. The molecule has 1 N–H and O–H groups in total. The summed E-state index contributed by atoms with van der Waals surface area (Å²) in [5.74, 6) is -0.924. The minimum absolute atomic E-state index is 0.0246. The molecule has 5 aromatic carbocycles.